The minimum atomic E-state index is -0.496. The van der Waals surface area contributed by atoms with Gasteiger partial charge < -0.3 is 20.5 Å². The molecule has 0 unspecified atom stereocenters. The molecule has 1 amide bonds. The fourth-order valence-electron chi connectivity index (χ4n) is 1.63. The number of nitrogens with two attached hydrogens (primary N) is 1. The number of benzene rings is 1. The molecule has 118 valence electrons. The molecule has 1 rings (SSSR count). The summed E-state index contributed by atoms with van der Waals surface area (Å²) < 4.78 is 11.1. The third-order valence-electron chi connectivity index (χ3n) is 2.69. The van der Waals surface area contributed by atoms with Crippen molar-refractivity contribution in [3.05, 3.63) is 23.8 Å². The van der Waals surface area contributed by atoms with E-state index in [1.54, 1.807) is 6.07 Å². The van der Waals surface area contributed by atoms with E-state index in [0.717, 1.165) is 17.7 Å². The Morgan fingerprint density at radius 2 is 2.00 bits per heavy atom. The molecule has 1 aromatic rings. The summed E-state index contributed by atoms with van der Waals surface area (Å²) in [6.45, 7) is 9.48. The van der Waals surface area contributed by atoms with E-state index in [1.807, 2.05) is 19.1 Å². The van der Waals surface area contributed by atoms with E-state index in [1.165, 1.54) is 0 Å². The molecule has 0 radical (unpaired) electrons. The van der Waals surface area contributed by atoms with Crippen LogP contribution < -0.4 is 20.5 Å². The average Bonchev–Trinajstić information content (AvgIpc) is 2.40. The lowest BCUT2D eigenvalue weighted by molar-refractivity contribution is -0.119. The molecule has 0 spiro atoms. The van der Waals surface area contributed by atoms with Gasteiger partial charge in [0.1, 0.15) is 11.5 Å². The summed E-state index contributed by atoms with van der Waals surface area (Å²) in [5.41, 5.74) is 6.11. The molecule has 1 aromatic carbocycles. The summed E-state index contributed by atoms with van der Waals surface area (Å²) in [7, 11) is 0. The van der Waals surface area contributed by atoms with E-state index in [-0.39, 0.29) is 12.1 Å². The first-order valence-corrected chi connectivity index (χ1v) is 7.23. The maximum atomic E-state index is 10.9. The van der Waals surface area contributed by atoms with E-state index < -0.39 is 5.91 Å². The van der Waals surface area contributed by atoms with Gasteiger partial charge in [-0.25, -0.2) is 0 Å². The van der Waals surface area contributed by atoms with E-state index in [4.69, 9.17) is 15.2 Å². The van der Waals surface area contributed by atoms with Gasteiger partial charge in [-0.3, -0.25) is 4.79 Å². The fourth-order valence-corrected chi connectivity index (χ4v) is 1.63. The Kier molecular flexibility index (Phi) is 6.49. The van der Waals surface area contributed by atoms with Gasteiger partial charge in [-0.05, 0) is 33.3 Å². The van der Waals surface area contributed by atoms with Gasteiger partial charge in [0.25, 0.3) is 5.91 Å². The zero-order valence-corrected chi connectivity index (χ0v) is 13.4. The number of carbonyl (C=O) groups is 1. The van der Waals surface area contributed by atoms with Crippen LogP contribution in [0, 0.1) is 0 Å². The highest BCUT2D eigenvalue weighted by Crippen LogP contribution is 2.25. The molecule has 5 heteroatoms. The van der Waals surface area contributed by atoms with Crippen LogP contribution >= 0.6 is 0 Å². The van der Waals surface area contributed by atoms with Crippen LogP contribution in [0.1, 0.15) is 39.7 Å². The monoisotopic (exact) mass is 294 g/mol. The SMILES string of the molecule is CCCOc1ccc(CNC(C)(C)C)c(OCC(N)=O)c1. The summed E-state index contributed by atoms with van der Waals surface area (Å²) in [5.74, 6) is 0.861. The molecule has 5 nitrogen and oxygen atoms in total. The van der Waals surface area contributed by atoms with Gasteiger partial charge in [-0.2, -0.15) is 0 Å². The van der Waals surface area contributed by atoms with Crippen LogP contribution in [0.25, 0.3) is 0 Å². The Labute approximate surface area is 126 Å². The van der Waals surface area contributed by atoms with Crippen LogP contribution in [0.4, 0.5) is 0 Å². The van der Waals surface area contributed by atoms with Crippen molar-refractivity contribution >= 4 is 5.91 Å². The topological polar surface area (TPSA) is 73.6 Å². The van der Waals surface area contributed by atoms with Crippen LogP contribution in [0.15, 0.2) is 18.2 Å². The van der Waals surface area contributed by atoms with E-state index in [2.05, 4.69) is 26.1 Å². The maximum Gasteiger partial charge on any atom is 0.255 e. The average molecular weight is 294 g/mol. The Morgan fingerprint density at radius 3 is 2.57 bits per heavy atom. The third kappa shape index (κ3) is 6.99. The highest BCUT2D eigenvalue weighted by atomic mass is 16.5. The van der Waals surface area contributed by atoms with Crippen molar-refractivity contribution in [2.24, 2.45) is 5.73 Å². The molecule has 0 aliphatic rings. The molecule has 0 fully saturated rings. The van der Waals surface area contributed by atoms with Crippen molar-refractivity contribution < 1.29 is 14.3 Å². The molecule has 0 bridgehead atoms. The Hall–Kier alpha value is -1.75. The summed E-state index contributed by atoms with van der Waals surface area (Å²) in [4.78, 5) is 10.9. The Morgan fingerprint density at radius 1 is 1.29 bits per heavy atom. The zero-order chi connectivity index (χ0) is 15.9. The lowest BCUT2D eigenvalue weighted by Gasteiger charge is -2.22. The van der Waals surface area contributed by atoms with E-state index in [0.29, 0.717) is 18.9 Å². The largest absolute Gasteiger partial charge is 0.493 e. The van der Waals surface area contributed by atoms with Crippen LogP contribution in [0.3, 0.4) is 0 Å². The number of amides is 1. The summed E-state index contributed by atoms with van der Waals surface area (Å²) in [6.07, 6.45) is 0.935. The van der Waals surface area contributed by atoms with Crippen molar-refractivity contribution in [3.8, 4) is 11.5 Å². The smallest absolute Gasteiger partial charge is 0.255 e. The first kappa shape index (κ1) is 17.3. The number of hydrogen-bond donors (Lipinski definition) is 2. The fraction of sp³-hybridized carbons (Fsp3) is 0.562. The van der Waals surface area contributed by atoms with Gasteiger partial charge in [0.05, 0.1) is 6.61 Å². The van der Waals surface area contributed by atoms with Crippen molar-refractivity contribution in [2.75, 3.05) is 13.2 Å². The predicted molar refractivity (Wildman–Crippen MR) is 83.5 cm³/mol. The van der Waals surface area contributed by atoms with Crippen LogP contribution in [0.5, 0.6) is 11.5 Å². The highest BCUT2D eigenvalue weighted by molar-refractivity contribution is 5.75. The second-order valence-electron chi connectivity index (χ2n) is 5.98. The molecule has 0 heterocycles. The van der Waals surface area contributed by atoms with Crippen molar-refractivity contribution in [2.45, 2.75) is 46.2 Å². The van der Waals surface area contributed by atoms with E-state index >= 15 is 0 Å². The van der Waals surface area contributed by atoms with Gasteiger partial charge in [-0.1, -0.05) is 13.0 Å². The van der Waals surface area contributed by atoms with Gasteiger partial charge in [0, 0.05) is 23.7 Å². The minimum absolute atomic E-state index is 0.00165. The normalized spacial score (nSPS) is 11.2. The summed E-state index contributed by atoms with van der Waals surface area (Å²) in [5, 5.41) is 3.39. The molecule has 3 N–H and O–H groups in total. The van der Waals surface area contributed by atoms with Crippen LogP contribution in [-0.2, 0) is 11.3 Å². The van der Waals surface area contributed by atoms with Gasteiger partial charge >= 0.3 is 0 Å². The Balaban J connectivity index is 2.85. The van der Waals surface area contributed by atoms with Crippen molar-refractivity contribution in [1.82, 2.24) is 5.32 Å². The molecule has 0 saturated heterocycles. The summed E-state index contributed by atoms with van der Waals surface area (Å²) >= 11 is 0. The quantitative estimate of drug-likeness (QED) is 0.771. The number of nitrogens with one attached hydrogen (secondary N) is 1. The second kappa shape index (κ2) is 7.88. The number of hydrogen-bond acceptors (Lipinski definition) is 4. The molecular weight excluding hydrogens is 268 g/mol. The first-order valence-electron chi connectivity index (χ1n) is 7.23. The molecule has 0 aliphatic heterocycles. The van der Waals surface area contributed by atoms with Gasteiger partial charge in [-0.15, -0.1) is 0 Å². The molecular formula is C16H26N2O3. The lowest BCUT2D eigenvalue weighted by Crippen LogP contribution is -2.35. The van der Waals surface area contributed by atoms with Crippen molar-refractivity contribution in [3.63, 3.8) is 0 Å². The van der Waals surface area contributed by atoms with Gasteiger partial charge in [0.2, 0.25) is 0 Å². The van der Waals surface area contributed by atoms with Crippen LogP contribution in [0.2, 0.25) is 0 Å². The van der Waals surface area contributed by atoms with E-state index in [9.17, 15) is 4.79 Å². The minimum Gasteiger partial charge on any atom is -0.493 e. The Bertz CT molecular complexity index is 467. The lowest BCUT2D eigenvalue weighted by atomic mass is 10.1. The van der Waals surface area contributed by atoms with Crippen LogP contribution in [-0.4, -0.2) is 24.7 Å². The van der Waals surface area contributed by atoms with Gasteiger partial charge in [0.15, 0.2) is 6.61 Å². The standard InChI is InChI=1S/C16H26N2O3/c1-5-8-20-13-7-6-12(10-18-16(2,3)4)14(9-13)21-11-15(17)19/h6-7,9,18H,5,8,10-11H2,1-4H3,(H2,17,19). The third-order valence-corrected chi connectivity index (χ3v) is 2.69. The molecule has 0 aliphatic carbocycles. The second-order valence-corrected chi connectivity index (χ2v) is 5.98. The first-order chi connectivity index (χ1) is 9.81. The zero-order valence-electron chi connectivity index (χ0n) is 13.4. The number of ether oxygens (including phenoxy) is 2. The highest BCUT2D eigenvalue weighted by Gasteiger charge is 2.12. The molecule has 0 atom stereocenters. The number of rotatable bonds is 8. The molecule has 0 saturated carbocycles. The predicted octanol–water partition coefficient (Wildman–Crippen LogP) is 2.23. The summed E-state index contributed by atoms with van der Waals surface area (Å²) in [6, 6.07) is 5.66. The molecule has 21 heavy (non-hydrogen) atoms. The number of primary amides is 1. The number of carbonyl (C=O) groups excluding carboxylic acids is 1. The maximum absolute atomic E-state index is 10.9. The molecule has 0 aromatic heterocycles. The van der Waals surface area contributed by atoms with Crippen molar-refractivity contribution in [1.29, 1.82) is 0 Å².